The number of aromatic nitrogens is 2. The van der Waals surface area contributed by atoms with Crippen LogP contribution in [0.5, 0.6) is 0 Å². The number of rotatable bonds is 5. The van der Waals surface area contributed by atoms with Gasteiger partial charge in [-0.15, -0.1) is 0 Å². The van der Waals surface area contributed by atoms with Crippen molar-refractivity contribution in [3.63, 3.8) is 0 Å². The maximum absolute atomic E-state index is 12.9. The van der Waals surface area contributed by atoms with E-state index in [1.807, 2.05) is 32.5 Å². The average Bonchev–Trinajstić information content (AvgIpc) is 3.14. The molecule has 2 saturated carbocycles. The van der Waals surface area contributed by atoms with Crippen molar-refractivity contribution >= 4 is 5.91 Å². The van der Waals surface area contributed by atoms with Crippen molar-refractivity contribution in [1.82, 2.24) is 15.1 Å². The van der Waals surface area contributed by atoms with E-state index >= 15 is 0 Å². The van der Waals surface area contributed by atoms with Crippen LogP contribution in [-0.2, 0) is 16.6 Å². The lowest BCUT2D eigenvalue weighted by atomic mass is 9.60. The Morgan fingerprint density at radius 3 is 2.62 bits per heavy atom. The van der Waals surface area contributed by atoms with Crippen molar-refractivity contribution in [2.24, 2.45) is 12.5 Å². The summed E-state index contributed by atoms with van der Waals surface area (Å²) >= 11 is 0. The minimum absolute atomic E-state index is 0.125. The summed E-state index contributed by atoms with van der Waals surface area (Å²) in [7, 11) is 1.93. The summed E-state index contributed by atoms with van der Waals surface area (Å²) < 4.78 is 7.81. The first-order valence-corrected chi connectivity index (χ1v) is 9.32. The number of nitrogens with one attached hydrogen (secondary N) is 1. The molecule has 2 aliphatic rings. The molecule has 3 rings (SSSR count). The molecule has 1 N–H and O–H groups in total. The van der Waals surface area contributed by atoms with Crippen LogP contribution in [0, 0.1) is 19.3 Å². The van der Waals surface area contributed by atoms with E-state index in [0.717, 1.165) is 30.0 Å². The largest absolute Gasteiger partial charge is 0.378 e. The van der Waals surface area contributed by atoms with E-state index in [4.69, 9.17) is 4.74 Å². The monoisotopic (exact) mass is 333 g/mol. The van der Waals surface area contributed by atoms with Crippen LogP contribution in [0.2, 0.25) is 0 Å². The van der Waals surface area contributed by atoms with Crippen molar-refractivity contribution in [2.45, 2.75) is 77.9 Å². The summed E-state index contributed by atoms with van der Waals surface area (Å²) in [6.07, 6.45) is 6.16. The number of ether oxygens (including phenoxy) is 1. The van der Waals surface area contributed by atoms with E-state index < -0.39 is 0 Å². The van der Waals surface area contributed by atoms with E-state index in [0.29, 0.717) is 6.10 Å². The first kappa shape index (κ1) is 17.5. The average molecular weight is 333 g/mol. The Morgan fingerprint density at radius 1 is 1.42 bits per heavy atom. The third-order valence-corrected chi connectivity index (χ3v) is 6.40. The van der Waals surface area contributed by atoms with E-state index in [1.54, 1.807) is 0 Å². The van der Waals surface area contributed by atoms with Gasteiger partial charge in [-0.1, -0.05) is 12.8 Å². The van der Waals surface area contributed by atoms with Crippen LogP contribution in [0.4, 0.5) is 0 Å². The third-order valence-electron chi connectivity index (χ3n) is 6.40. The van der Waals surface area contributed by atoms with Gasteiger partial charge < -0.3 is 10.1 Å². The van der Waals surface area contributed by atoms with Gasteiger partial charge in [0, 0.05) is 36.4 Å². The van der Waals surface area contributed by atoms with Gasteiger partial charge in [-0.3, -0.25) is 9.48 Å². The van der Waals surface area contributed by atoms with Crippen LogP contribution in [0.15, 0.2) is 0 Å². The standard InChI is InChI=1S/C19H31N3O2/c1-6-24-16-11-15(19(16)9-7-8-10-19)20-18(23)12(2)17-13(3)21-22(5)14(17)4/h12,15-16H,6-11H2,1-5H3,(H,20,23)/t12-,15+,16-/m1/s1. The molecule has 134 valence electrons. The summed E-state index contributed by atoms with van der Waals surface area (Å²) in [5, 5.41) is 7.79. The number of nitrogens with zero attached hydrogens (tertiary/aromatic N) is 2. The zero-order valence-corrected chi connectivity index (χ0v) is 15.7. The van der Waals surface area contributed by atoms with E-state index in [9.17, 15) is 4.79 Å². The summed E-state index contributed by atoms with van der Waals surface area (Å²) in [5.74, 6) is -0.0382. The second-order valence-electron chi connectivity index (χ2n) is 7.61. The summed E-state index contributed by atoms with van der Waals surface area (Å²) in [6, 6.07) is 0.267. The molecule has 0 bridgehead atoms. The van der Waals surface area contributed by atoms with Gasteiger partial charge in [-0.25, -0.2) is 0 Å². The molecule has 3 atom stereocenters. The minimum Gasteiger partial charge on any atom is -0.378 e. The smallest absolute Gasteiger partial charge is 0.227 e. The molecule has 2 aliphatic carbocycles. The van der Waals surface area contributed by atoms with Crippen LogP contribution >= 0.6 is 0 Å². The maximum Gasteiger partial charge on any atom is 0.227 e. The zero-order valence-electron chi connectivity index (χ0n) is 15.7. The molecule has 0 unspecified atom stereocenters. The molecule has 0 radical (unpaired) electrons. The molecule has 24 heavy (non-hydrogen) atoms. The van der Waals surface area contributed by atoms with Crippen molar-refractivity contribution in [3.8, 4) is 0 Å². The number of aryl methyl sites for hydroxylation is 2. The topological polar surface area (TPSA) is 56.1 Å². The number of carbonyl (C=O) groups excluding carboxylic acids is 1. The predicted molar refractivity (Wildman–Crippen MR) is 94.0 cm³/mol. The number of hydrogen-bond donors (Lipinski definition) is 1. The Morgan fingerprint density at radius 2 is 2.08 bits per heavy atom. The van der Waals surface area contributed by atoms with E-state index in [-0.39, 0.29) is 23.3 Å². The first-order chi connectivity index (χ1) is 11.4. The number of hydrogen-bond acceptors (Lipinski definition) is 3. The summed E-state index contributed by atoms with van der Waals surface area (Å²) in [6.45, 7) is 8.83. The lowest BCUT2D eigenvalue weighted by Crippen LogP contribution is -2.64. The molecule has 1 aromatic rings. The lowest BCUT2D eigenvalue weighted by molar-refractivity contribution is -0.144. The van der Waals surface area contributed by atoms with Gasteiger partial charge in [0.1, 0.15) is 0 Å². The Labute approximate surface area is 145 Å². The molecular weight excluding hydrogens is 302 g/mol. The first-order valence-electron chi connectivity index (χ1n) is 9.32. The van der Waals surface area contributed by atoms with Crippen LogP contribution in [0.1, 0.15) is 68.8 Å². The molecule has 1 aromatic heterocycles. The molecule has 0 saturated heterocycles. The van der Waals surface area contributed by atoms with Crippen LogP contribution in [0.25, 0.3) is 0 Å². The SMILES string of the molecule is CCO[C@@H]1C[C@H](NC(=O)[C@H](C)c2c(C)nn(C)c2C)C12CCCC2. The number of carbonyl (C=O) groups is 1. The van der Waals surface area contributed by atoms with Gasteiger partial charge in [-0.2, -0.15) is 5.10 Å². The summed E-state index contributed by atoms with van der Waals surface area (Å²) in [4.78, 5) is 12.9. The van der Waals surface area contributed by atoms with E-state index in [1.165, 1.54) is 25.7 Å². The van der Waals surface area contributed by atoms with Crippen LogP contribution < -0.4 is 5.32 Å². The van der Waals surface area contributed by atoms with Crippen molar-refractivity contribution in [1.29, 1.82) is 0 Å². The highest BCUT2D eigenvalue weighted by atomic mass is 16.5. The molecule has 2 fully saturated rings. The van der Waals surface area contributed by atoms with Crippen LogP contribution in [-0.4, -0.2) is 34.4 Å². The fraction of sp³-hybridized carbons (Fsp3) is 0.789. The van der Waals surface area contributed by atoms with Crippen molar-refractivity contribution in [2.75, 3.05) is 6.61 Å². The molecule has 0 aliphatic heterocycles. The molecule has 5 nitrogen and oxygen atoms in total. The van der Waals surface area contributed by atoms with Gasteiger partial charge >= 0.3 is 0 Å². The second-order valence-corrected chi connectivity index (χ2v) is 7.61. The fourth-order valence-corrected chi connectivity index (χ4v) is 4.93. The fourth-order valence-electron chi connectivity index (χ4n) is 4.93. The molecule has 1 amide bonds. The highest BCUT2D eigenvalue weighted by molar-refractivity contribution is 5.84. The van der Waals surface area contributed by atoms with Gasteiger partial charge in [0.2, 0.25) is 5.91 Å². The Hall–Kier alpha value is -1.36. The van der Waals surface area contributed by atoms with Crippen LogP contribution in [0.3, 0.4) is 0 Å². The van der Waals surface area contributed by atoms with Gasteiger partial charge in [-0.05, 0) is 47.0 Å². The van der Waals surface area contributed by atoms with Crippen molar-refractivity contribution < 1.29 is 9.53 Å². The highest BCUT2D eigenvalue weighted by Crippen LogP contribution is 2.54. The molecule has 0 aromatic carbocycles. The van der Waals surface area contributed by atoms with Gasteiger partial charge in [0.05, 0.1) is 17.7 Å². The predicted octanol–water partition coefficient (Wildman–Crippen LogP) is 2.99. The maximum atomic E-state index is 12.9. The molecule has 1 heterocycles. The Kier molecular flexibility index (Phi) is 4.73. The normalized spacial score (nSPS) is 26.4. The van der Waals surface area contributed by atoms with Gasteiger partial charge in [0.25, 0.3) is 0 Å². The lowest BCUT2D eigenvalue weighted by Gasteiger charge is -2.54. The zero-order chi connectivity index (χ0) is 17.5. The third kappa shape index (κ3) is 2.67. The van der Waals surface area contributed by atoms with E-state index in [2.05, 4.69) is 17.3 Å². The Bertz CT molecular complexity index is 616. The van der Waals surface area contributed by atoms with Gasteiger partial charge in [0.15, 0.2) is 0 Å². The van der Waals surface area contributed by atoms with Crippen molar-refractivity contribution in [3.05, 3.63) is 17.0 Å². The quantitative estimate of drug-likeness (QED) is 0.901. The minimum atomic E-state index is -0.164. The highest BCUT2D eigenvalue weighted by Gasteiger charge is 2.57. The molecular formula is C19H31N3O2. The number of amides is 1. The molecule has 5 heteroatoms. The summed E-state index contributed by atoms with van der Waals surface area (Å²) in [5.41, 5.74) is 3.28. The second kappa shape index (κ2) is 6.51. The Balaban J connectivity index is 1.71. The molecule has 1 spiro atoms.